The van der Waals surface area contributed by atoms with Gasteiger partial charge in [0.15, 0.2) is 0 Å². The number of hydrogen-bond acceptors (Lipinski definition) is 2. The van der Waals surface area contributed by atoms with E-state index in [4.69, 9.17) is 0 Å². The number of nitrogens with one attached hydrogen (secondary N) is 2. The first-order chi connectivity index (χ1) is 8.09. The van der Waals surface area contributed by atoms with Crippen molar-refractivity contribution in [2.45, 2.75) is 32.6 Å². The van der Waals surface area contributed by atoms with Crippen LogP contribution in [0.25, 0.3) is 0 Å². The largest absolute Gasteiger partial charge is 0.337 e. The third-order valence-electron chi connectivity index (χ3n) is 3.27. The van der Waals surface area contributed by atoms with Crippen LogP contribution in [0, 0.1) is 5.92 Å². The van der Waals surface area contributed by atoms with Gasteiger partial charge in [0.05, 0.1) is 0 Å². The second-order valence-corrected chi connectivity index (χ2v) is 5.07. The standard InChI is InChI=1S/C13H25N3O/c1-11(12-6-4-5-7-12)10-15-13(17)14-8-9-16(2)3/h10,12H,4-9H2,1-3H3,(H2,14,15,17)/b11-10+. The molecule has 0 bridgehead atoms. The van der Waals surface area contributed by atoms with E-state index >= 15 is 0 Å². The highest BCUT2D eigenvalue weighted by Crippen LogP contribution is 2.30. The average Bonchev–Trinajstić information content (AvgIpc) is 2.78. The van der Waals surface area contributed by atoms with E-state index in [1.54, 1.807) is 0 Å². The Morgan fingerprint density at radius 3 is 2.59 bits per heavy atom. The topological polar surface area (TPSA) is 44.4 Å². The Balaban J connectivity index is 2.19. The lowest BCUT2D eigenvalue weighted by molar-refractivity contribution is 0.242. The Kier molecular flexibility index (Phi) is 6.05. The van der Waals surface area contributed by atoms with Gasteiger partial charge in [-0.25, -0.2) is 4.79 Å². The fourth-order valence-electron chi connectivity index (χ4n) is 2.12. The molecule has 0 aromatic carbocycles. The van der Waals surface area contributed by atoms with Gasteiger partial charge in [-0.2, -0.15) is 0 Å². The van der Waals surface area contributed by atoms with E-state index in [2.05, 4.69) is 17.6 Å². The zero-order chi connectivity index (χ0) is 12.7. The first-order valence-corrected chi connectivity index (χ1v) is 6.45. The molecular formula is C13H25N3O. The molecule has 0 heterocycles. The number of rotatable bonds is 5. The number of hydrogen-bond donors (Lipinski definition) is 2. The molecule has 2 amide bonds. The molecule has 0 unspecified atom stereocenters. The van der Waals surface area contributed by atoms with Gasteiger partial charge in [0.2, 0.25) is 0 Å². The van der Waals surface area contributed by atoms with Crippen molar-refractivity contribution >= 4 is 6.03 Å². The summed E-state index contributed by atoms with van der Waals surface area (Å²) in [5.74, 6) is 0.678. The smallest absolute Gasteiger partial charge is 0.318 e. The van der Waals surface area contributed by atoms with Gasteiger partial charge >= 0.3 is 6.03 Å². The molecule has 0 saturated heterocycles. The summed E-state index contributed by atoms with van der Waals surface area (Å²) in [6.45, 7) is 3.64. The zero-order valence-electron chi connectivity index (χ0n) is 11.3. The van der Waals surface area contributed by atoms with Crippen molar-refractivity contribution in [3.63, 3.8) is 0 Å². The molecule has 1 aliphatic rings. The minimum atomic E-state index is -0.107. The molecule has 1 saturated carbocycles. The van der Waals surface area contributed by atoms with Gasteiger partial charge < -0.3 is 15.5 Å². The predicted octanol–water partition coefficient (Wildman–Crippen LogP) is 1.94. The maximum Gasteiger partial charge on any atom is 0.318 e. The highest BCUT2D eigenvalue weighted by molar-refractivity contribution is 5.74. The van der Waals surface area contributed by atoms with Crippen LogP contribution in [0.2, 0.25) is 0 Å². The van der Waals surface area contributed by atoms with E-state index < -0.39 is 0 Å². The van der Waals surface area contributed by atoms with Gasteiger partial charge in [0.1, 0.15) is 0 Å². The molecule has 0 atom stereocenters. The third kappa shape index (κ3) is 5.73. The maximum atomic E-state index is 11.5. The summed E-state index contributed by atoms with van der Waals surface area (Å²) in [7, 11) is 3.98. The van der Waals surface area contributed by atoms with Crippen molar-refractivity contribution in [1.29, 1.82) is 0 Å². The molecule has 0 spiro atoms. The summed E-state index contributed by atoms with van der Waals surface area (Å²) >= 11 is 0. The molecule has 0 aliphatic heterocycles. The van der Waals surface area contributed by atoms with E-state index in [1.807, 2.05) is 25.2 Å². The maximum absolute atomic E-state index is 11.5. The normalized spacial score (nSPS) is 17.5. The van der Waals surface area contributed by atoms with E-state index in [1.165, 1.54) is 31.3 Å². The quantitative estimate of drug-likeness (QED) is 0.770. The van der Waals surface area contributed by atoms with Gasteiger partial charge in [-0.05, 0) is 39.8 Å². The summed E-state index contributed by atoms with van der Waals surface area (Å²) < 4.78 is 0. The molecule has 1 fully saturated rings. The van der Waals surface area contributed by atoms with Crippen LogP contribution in [0.5, 0.6) is 0 Å². The van der Waals surface area contributed by atoms with E-state index in [-0.39, 0.29) is 6.03 Å². The first kappa shape index (κ1) is 14.0. The fraction of sp³-hybridized carbons (Fsp3) is 0.769. The van der Waals surface area contributed by atoms with Crippen LogP contribution in [-0.2, 0) is 0 Å². The molecule has 4 nitrogen and oxygen atoms in total. The van der Waals surface area contributed by atoms with Crippen LogP contribution in [-0.4, -0.2) is 38.1 Å². The lowest BCUT2D eigenvalue weighted by atomic mass is 10.0. The fourth-order valence-corrected chi connectivity index (χ4v) is 2.12. The zero-order valence-corrected chi connectivity index (χ0v) is 11.3. The molecule has 4 heteroatoms. The van der Waals surface area contributed by atoms with Crippen LogP contribution < -0.4 is 10.6 Å². The Morgan fingerprint density at radius 1 is 1.35 bits per heavy atom. The number of carbonyl (C=O) groups is 1. The van der Waals surface area contributed by atoms with Gasteiger partial charge in [-0.3, -0.25) is 0 Å². The molecule has 98 valence electrons. The number of urea groups is 1. The number of carbonyl (C=O) groups excluding carboxylic acids is 1. The Bertz CT molecular complexity index is 268. The van der Waals surface area contributed by atoms with Crippen molar-refractivity contribution in [1.82, 2.24) is 15.5 Å². The molecule has 1 aliphatic carbocycles. The third-order valence-corrected chi connectivity index (χ3v) is 3.27. The van der Waals surface area contributed by atoms with Crippen molar-refractivity contribution in [3.05, 3.63) is 11.8 Å². The minimum absolute atomic E-state index is 0.107. The SMILES string of the molecule is C/C(=C\NC(=O)NCCN(C)C)C1CCCC1. The average molecular weight is 239 g/mol. The van der Waals surface area contributed by atoms with Crippen molar-refractivity contribution < 1.29 is 4.79 Å². The molecule has 0 radical (unpaired) electrons. The lowest BCUT2D eigenvalue weighted by Gasteiger charge is -2.12. The van der Waals surface area contributed by atoms with Crippen molar-refractivity contribution in [2.24, 2.45) is 5.92 Å². The highest BCUT2D eigenvalue weighted by Gasteiger charge is 2.16. The van der Waals surface area contributed by atoms with E-state index in [0.717, 1.165) is 6.54 Å². The van der Waals surface area contributed by atoms with Crippen LogP contribution in [0.15, 0.2) is 11.8 Å². The number of amides is 2. The minimum Gasteiger partial charge on any atom is -0.337 e. The Labute approximate surface area is 104 Å². The van der Waals surface area contributed by atoms with Crippen LogP contribution in [0.4, 0.5) is 4.79 Å². The van der Waals surface area contributed by atoms with Gasteiger partial charge in [0, 0.05) is 19.3 Å². The van der Waals surface area contributed by atoms with Crippen molar-refractivity contribution in [3.8, 4) is 0 Å². The number of allylic oxidation sites excluding steroid dienone is 1. The monoisotopic (exact) mass is 239 g/mol. The van der Waals surface area contributed by atoms with Gasteiger partial charge in [-0.15, -0.1) is 0 Å². The molecule has 17 heavy (non-hydrogen) atoms. The summed E-state index contributed by atoms with van der Waals surface area (Å²) in [5, 5.41) is 5.63. The summed E-state index contributed by atoms with van der Waals surface area (Å²) in [6, 6.07) is -0.107. The Morgan fingerprint density at radius 2 is 2.00 bits per heavy atom. The summed E-state index contributed by atoms with van der Waals surface area (Å²) in [4.78, 5) is 13.5. The van der Waals surface area contributed by atoms with Crippen molar-refractivity contribution in [2.75, 3.05) is 27.2 Å². The first-order valence-electron chi connectivity index (χ1n) is 6.45. The predicted molar refractivity (Wildman–Crippen MR) is 70.8 cm³/mol. The highest BCUT2D eigenvalue weighted by atomic mass is 16.2. The molecular weight excluding hydrogens is 214 g/mol. The number of nitrogens with zero attached hydrogens (tertiary/aromatic N) is 1. The summed E-state index contributed by atoms with van der Waals surface area (Å²) in [6.07, 6.45) is 7.05. The van der Waals surface area contributed by atoms with Crippen LogP contribution in [0.3, 0.4) is 0 Å². The van der Waals surface area contributed by atoms with E-state index in [0.29, 0.717) is 12.5 Å². The number of likely N-dealkylation sites (N-methyl/N-ethyl adjacent to an activating group) is 1. The summed E-state index contributed by atoms with van der Waals surface area (Å²) in [5.41, 5.74) is 1.30. The second kappa shape index (κ2) is 7.33. The van der Waals surface area contributed by atoms with Gasteiger partial charge in [-0.1, -0.05) is 18.4 Å². The van der Waals surface area contributed by atoms with Gasteiger partial charge in [0.25, 0.3) is 0 Å². The molecule has 2 N–H and O–H groups in total. The molecule has 0 aromatic heterocycles. The van der Waals surface area contributed by atoms with Crippen LogP contribution in [0.1, 0.15) is 32.6 Å². The molecule has 1 rings (SSSR count). The van der Waals surface area contributed by atoms with Crippen LogP contribution >= 0.6 is 0 Å². The van der Waals surface area contributed by atoms with E-state index in [9.17, 15) is 4.79 Å². The lowest BCUT2D eigenvalue weighted by Crippen LogP contribution is -2.36. The second-order valence-electron chi connectivity index (χ2n) is 5.07. The Hall–Kier alpha value is -1.03. The molecule has 0 aromatic rings.